The van der Waals surface area contributed by atoms with E-state index in [9.17, 15) is 4.79 Å². The fourth-order valence-corrected chi connectivity index (χ4v) is 3.12. The highest BCUT2D eigenvalue weighted by atomic mass is 35.5. The van der Waals surface area contributed by atoms with Crippen LogP contribution >= 0.6 is 12.4 Å². The first-order valence-electron chi connectivity index (χ1n) is 8.59. The Morgan fingerprint density at radius 2 is 1.72 bits per heavy atom. The van der Waals surface area contributed by atoms with Crippen molar-refractivity contribution in [3.8, 4) is 5.75 Å². The number of carbonyl (C=O) groups excluding carboxylic acids is 1. The van der Waals surface area contributed by atoms with Gasteiger partial charge in [0.25, 0.3) is 0 Å². The summed E-state index contributed by atoms with van der Waals surface area (Å²) in [6.07, 6.45) is 5.10. The molecule has 1 aliphatic carbocycles. The molecule has 1 saturated carbocycles. The molecule has 3 rings (SSSR count). The van der Waals surface area contributed by atoms with Gasteiger partial charge in [0.1, 0.15) is 5.75 Å². The number of amides is 1. The number of carbonyl (C=O) groups is 1. The highest BCUT2D eigenvalue weighted by Crippen LogP contribution is 2.25. The number of benzene rings is 2. The summed E-state index contributed by atoms with van der Waals surface area (Å²) in [5.74, 6) is 0.423. The van der Waals surface area contributed by atoms with Gasteiger partial charge in [-0.25, -0.2) is 0 Å². The van der Waals surface area contributed by atoms with E-state index < -0.39 is 0 Å². The summed E-state index contributed by atoms with van der Waals surface area (Å²) < 4.78 is 5.94. The number of nitrogens with one attached hydrogen (secondary N) is 1. The van der Waals surface area contributed by atoms with Crippen molar-refractivity contribution in [1.29, 1.82) is 0 Å². The number of anilines is 1. The van der Waals surface area contributed by atoms with Crippen molar-refractivity contribution >= 4 is 24.0 Å². The fraction of sp³-hybridized carbons (Fsp3) is 0.350. The Kier molecular flexibility index (Phi) is 7.29. The largest absolute Gasteiger partial charge is 0.490 e. The molecule has 134 valence electrons. The number of nitrogens with two attached hydrogens (primary N) is 1. The molecule has 0 heterocycles. The van der Waals surface area contributed by atoms with Crippen LogP contribution in [0.4, 0.5) is 5.69 Å². The van der Waals surface area contributed by atoms with Crippen LogP contribution in [0, 0.1) is 0 Å². The van der Waals surface area contributed by atoms with Crippen LogP contribution < -0.4 is 15.8 Å². The van der Waals surface area contributed by atoms with E-state index in [0.717, 1.165) is 29.8 Å². The molecule has 1 fully saturated rings. The summed E-state index contributed by atoms with van der Waals surface area (Å²) in [4.78, 5) is 12.5. The lowest BCUT2D eigenvalue weighted by atomic mass is 9.98. The molecule has 5 heteroatoms. The van der Waals surface area contributed by atoms with Crippen LogP contribution in [0.1, 0.15) is 37.2 Å². The Labute approximate surface area is 155 Å². The van der Waals surface area contributed by atoms with Crippen molar-refractivity contribution in [2.24, 2.45) is 5.73 Å². The van der Waals surface area contributed by atoms with Crippen LogP contribution in [0.15, 0.2) is 54.6 Å². The van der Waals surface area contributed by atoms with Crippen molar-refractivity contribution in [3.63, 3.8) is 0 Å². The Balaban J connectivity index is 0.00000225. The standard InChI is InChI=1S/C20H24N2O2.ClH/c21-14-19(15-6-2-1-3-7-15)20(23)22-16-10-12-18(13-11-16)24-17-8-4-5-9-17;/h1-3,6-7,10-13,17,19H,4-5,8-9,14,21H2,(H,22,23);1H. The van der Waals surface area contributed by atoms with Crippen molar-refractivity contribution < 1.29 is 9.53 Å². The fourth-order valence-electron chi connectivity index (χ4n) is 3.12. The smallest absolute Gasteiger partial charge is 0.233 e. The number of hydrogen-bond donors (Lipinski definition) is 2. The van der Waals surface area contributed by atoms with E-state index in [0.29, 0.717) is 6.10 Å². The van der Waals surface area contributed by atoms with Crippen LogP contribution in [-0.4, -0.2) is 18.6 Å². The van der Waals surface area contributed by atoms with Crippen LogP contribution in [0.2, 0.25) is 0 Å². The van der Waals surface area contributed by atoms with Crippen LogP contribution in [0.25, 0.3) is 0 Å². The van der Waals surface area contributed by atoms with Gasteiger partial charge in [-0.15, -0.1) is 12.4 Å². The average Bonchev–Trinajstić information content (AvgIpc) is 3.11. The van der Waals surface area contributed by atoms with E-state index in [1.54, 1.807) is 0 Å². The molecule has 0 saturated heterocycles. The van der Waals surface area contributed by atoms with E-state index in [2.05, 4.69) is 5.32 Å². The lowest BCUT2D eigenvalue weighted by molar-refractivity contribution is -0.117. The van der Waals surface area contributed by atoms with Gasteiger partial charge in [-0.1, -0.05) is 30.3 Å². The summed E-state index contributed by atoms with van der Waals surface area (Å²) in [7, 11) is 0. The van der Waals surface area contributed by atoms with E-state index in [4.69, 9.17) is 10.5 Å². The molecule has 0 aromatic heterocycles. The minimum absolute atomic E-state index is 0. The molecule has 2 aromatic rings. The molecule has 4 nitrogen and oxygen atoms in total. The molecule has 25 heavy (non-hydrogen) atoms. The number of ether oxygens (including phenoxy) is 1. The van der Waals surface area contributed by atoms with Gasteiger partial charge < -0.3 is 15.8 Å². The minimum atomic E-state index is -0.347. The van der Waals surface area contributed by atoms with Gasteiger partial charge in [0.15, 0.2) is 0 Å². The predicted molar refractivity (Wildman–Crippen MR) is 103 cm³/mol. The summed E-state index contributed by atoms with van der Waals surface area (Å²) in [6, 6.07) is 17.2. The maximum atomic E-state index is 12.5. The van der Waals surface area contributed by atoms with Crippen LogP contribution in [0.3, 0.4) is 0 Å². The first-order chi connectivity index (χ1) is 11.8. The zero-order valence-electron chi connectivity index (χ0n) is 14.2. The third-order valence-corrected chi connectivity index (χ3v) is 4.48. The zero-order chi connectivity index (χ0) is 16.8. The second-order valence-corrected chi connectivity index (χ2v) is 6.24. The lowest BCUT2D eigenvalue weighted by Gasteiger charge is -2.16. The third-order valence-electron chi connectivity index (χ3n) is 4.48. The molecule has 1 atom stereocenters. The van der Waals surface area contributed by atoms with Crippen molar-refractivity contribution in [2.45, 2.75) is 37.7 Å². The topological polar surface area (TPSA) is 64.4 Å². The van der Waals surface area contributed by atoms with Gasteiger partial charge in [-0.3, -0.25) is 4.79 Å². The summed E-state index contributed by atoms with van der Waals surface area (Å²) >= 11 is 0. The van der Waals surface area contributed by atoms with Gasteiger partial charge >= 0.3 is 0 Å². The monoisotopic (exact) mass is 360 g/mol. The average molecular weight is 361 g/mol. The highest BCUT2D eigenvalue weighted by molar-refractivity contribution is 5.96. The van der Waals surface area contributed by atoms with E-state index in [1.807, 2.05) is 54.6 Å². The quantitative estimate of drug-likeness (QED) is 0.814. The number of hydrogen-bond acceptors (Lipinski definition) is 3. The predicted octanol–water partition coefficient (Wildman–Crippen LogP) is 4.11. The summed E-state index contributed by atoms with van der Waals surface area (Å²) in [6.45, 7) is 0.277. The maximum Gasteiger partial charge on any atom is 0.233 e. The highest BCUT2D eigenvalue weighted by Gasteiger charge is 2.19. The van der Waals surface area contributed by atoms with Crippen molar-refractivity contribution in [1.82, 2.24) is 0 Å². The Morgan fingerprint density at radius 3 is 2.32 bits per heavy atom. The SMILES string of the molecule is Cl.NCC(C(=O)Nc1ccc(OC2CCCC2)cc1)c1ccccc1. The zero-order valence-corrected chi connectivity index (χ0v) is 15.0. The van der Waals surface area contributed by atoms with Crippen molar-refractivity contribution in [2.75, 3.05) is 11.9 Å². The summed E-state index contributed by atoms with van der Waals surface area (Å²) in [5, 5.41) is 2.94. The maximum absolute atomic E-state index is 12.5. The normalized spacial score (nSPS) is 15.2. The molecular formula is C20H25ClN2O2. The molecule has 0 radical (unpaired) electrons. The van der Waals surface area contributed by atoms with Gasteiger partial charge in [-0.05, 0) is 55.5 Å². The van der Waals surface area contributed by atoms with Gasteiger partial charge in [-0.2, -0.15) is 0 Å². The third kappa shape index (κ3) is 5.21. The molecule has 0 spiro atoms. The number of rotatable bonds is 6. The van der Waals surface area contributed by atoms with Gasteiger partial charge in [0, 0.05) is 12.2 Å². The molecular weight excluding hydrogens is 336 g/mol. The molecule has 1 aliphatic rings. The molecule has 3 N–H and O–H groups in total. The second kappa shape index (κ2) is 9.44. The lowest BCUT2D eigenvalue weighted by Crippen LogP contribution is -2.27. The van der Waals surface area contributed by atoms with E-state index in [1.165, 1.54) is 12.8 Å². The van der Waals surface area contributed by atoms with Crippen LogP contribution in [-0.2, 0) is 4.79 Å². The van der Waals surface area contributed by atoms with E-state index in [-0.39, 0.29) is 30.8 Å². The molecule has 1 unspecified atom stereocenters. The van der Waals surface area contributed by atoms with Crippen molar-refractivity contribution in [3.05, 3.63) is 60.2 Å². The molecule has 0 bridgehead atoms. The minimum Gasteiger partial charge on any atom is -0.490 e. The van der Waals surface area contributed by atoms with Crippen LogP contribution in [0.5, 0.6) is 5.75 Å². The Bertz CT molecular complexity index is 655. The van der Waals surface area contributed by atoms with Gasteiger partial charge in [0.2, 0.25) is 5.91 Å². The second-order valence-electron chi connectivity index (χ2n) is 6.24. The van der Waals surface area contributed by atoms with Gasteiger partial charge in [0.05, 0.1) is 12.0 Å². The Hall–Kier alpha value is -2.04. The number of halogens is 1. The first-order valence-corrected chi connectivity index (χ1v) is 8.59. The Morgan fingerprint density at radius 1 is 1.08 bits per heavy atom. The first kappa shape index (κ1) is 19.3. The summed E-state index contributed by atoms with van der Waals surface area (Å²) in [5.41, 5.74) is 7.48. The molecule has 0 aliphatic heterocycles. The molecule has 2 aromatic carbocycles. The van der Waals surface area contributed by atoms with E-state index >= 15 is 0 Å². The molecule has 1 amide bonds.